The molecule has 4 heteroatoms. The summed E-state index contributed by atoms with van der Waals surface area (Å²) in [4.78, 5) is 19.1. The van der Waals surface area contributed by atoms with Crippen LogP contribution in [0, 0.1) is 0 Å². The van der Waals surface area contributed by atoms with Gasteiger partial charge in [-0.1, -0.05) is 37.6 Å². The summed E-state index contributed by atoms with van der Waals surface area (Å²) in [6.07, 6.45) is 6.01. The number of carbonyl (C=O) groups excluding carboxylic acids is 1. The van der Waals surface area contributed by atoms with Gasteiger partial charge in [0.05, 0.1) is 5.56 Å². The Bertz CT molecular complexity index is 664. The molecule has 1 aliphatic rings. The van der Waals surface area contributed by atoms with Gasteiger partial charge in [0.15, 0.2) is 0 Å². The highest BCUT2D eigenvalue weighted by molar-refractivity contribution is 6.09. The van der Waals surface area contributed by atoms with Gasteiger partial charge in [-0.3, -0.25) is 4.79 Å². The molecule has 0 saturated heterocycles. The van der Waals surface area contributed by atoms with Gasteiger partial charge in [0.1, 0.15) is 5.82 Å². The van der Waals surface area contributed by atoms with Crippen molar-refractivity contribution < 1.29 is 4.79 Å². The third kappa shape index (κ3) is 2.71. The third-order valence-corrected chi connectivity index (χ3v) is 4.06. The van der Waals surface area contributed by atoms with Crippen LogP contribution >= 0.6 is 0 Å². The van der Waals surface area contributed by atoms with Gasteiger partial charge in [-0.15, -0.1) is 0 Å². The number of unbranched alkanes of at least 4 members (excludes halogenated alkanes) is 1. The molecule has 21 heavy (non-hydrogen) atoms. The zero-order valence-electron chi connectivity index (χ0n) is 12.4. The van der Waals surface area contributed by atoms with Crippen molar-refractivity contribution in [3.63, 3.8) is 0 Å². The molecule has 0 radical (unpaired) electrons. The number of hydrogen-bond acceptors (Lipinski definition) is 3. The van der Waals surface area contributed by atoms with E-state index in [2.05, 4.69) is 11.9 Å². The highest BCUT2D eigenvalue weighted by Crippen LogP contribution is 2.30. The summed E-state index contributed by atoms with van der Waals surface area (Å²) in [5.74, 6) is 0.573. The number of nitrogens with two attached hydrogens (primary N) is 1. The topological polar surface area (TPSA) is 59.2 Å². The van der Waals surface area contributed by atoms with Gasteiger partial charge in [0.2, 0.25) is 0 Å². The molecule has 2 aromatic rings. The zero-order valence-corrected chi connectivity index (χ0v) is 12.4. The van der Waals surface area contributed by atoms with Gasteiger partial charge in [-0.05, 0) is 24.6 Å². The summed E-state index contributed by atoms with van der Waals surface area (Å²) in [6, 6.07) is 8.14. The highest BCUT2D eigenvalue weighted by atomic mass is 16.2. The van der Waals surface area contributed by atoms with Crippen LogP contribution in [0.3, 0.4) is 0 Å². The average molecular weight is 283 g/mol. The van der Waals surface area contributed by atoms with E-state index < -0.39 is 0 Å². The van der Waals surface area contributed by atoms with E-state index in [4.69, 9.17) is 5.73 Å². The second kappa shape index (κ2) is 5.72. The van der Waals surface area contributed by atoms with Gasteiger partial charge >= 0.3 is 0 Å². The molecule has 1 aromatic heterocycles. The molecule has 2 N–H and O–H groups in total. The molecule has 1 heterocycles. The molecule has 1 fully saturated rings. The molecular formula is C17H21N3O. The molecule has 0 unspecified atom stereocenters. The lowest BCUT2D eigenvalue weighted by Gasteiger charge is -2.23. The summed E-state index contributed by atoms with van der Waals surface area (Å²) >= 11 is 0. The van der Waals surface area contributed by atoms with E-state index >= 15 is 0 Å². The van der Waals surface area contributed by atoms with Crippen LogP contribution in [0.2, 0.25) is 0 Å². The van der Waals surface area contributed by atoms with Crippen LogP contribution in [0.25, 0.3) is 10.8 Å². The maximum absolute atomic E-state index is 12.9. The van der Waals surface area contributed by atoms with Crippen molar-refractivity contribution in [1.82, 2.24) is 9.88 Å². The Kier molecular flexibility index (Phi) is 3.78. The van der Waals surface area contributed by atoms with Crippen molar-refractivity contribution in [3.8, 4) is 0 Å². The Labute approximate surface area is 125 Å². The molecule has 0 spiro atoms. The van der Waals surface area contributed by atoms with E-state index in [0.29, 0.717) is 17.4 Å². The molecule has 1 aromatic carbocycles. The normalized spacial score (nSPS) is 14.3. The number of benzene rings is 1. The van der Waals surface area contributed by atoms with Crippen LogP contribution in [0.4, 0.5) is 5.82 Å². The van der Waals surface area contributed by atoms with E-state index in [1.54, 1.807) is 6.20 Å². The maximum Gasteiger partial charge on any atom is 0.256 e. The number of anilines is 1. The number of pyridine rings is 1. The van der Waals surface area contributed by atoms with E-state index in [0.717, 1.165) is 43.0 Å². The highest BCUT2D eigenvalue weighted by Gasteiger charge is 2.33. The van der Waals surface area contributed by atoms with Crippen LogP contribution in [0.15, 0.2) is 30.5 Å². The van der Waals surface area contributed by atoms with Gasteiger partial charge in [0.25, 0.3) is 5.91 Å². The lowest BCUT2D eigenvalue weighted by atomic mass is 10.1. The fraction of sp³-hybridized carbons (Fsp3) is 0.412. The van der Waals surface area contributed by atoms with E-state index in [1.165, 1.54) is 0 Å². The van der Waals surface area contributed by atoms with Gasteiger partial charge in [0, 0.05) is 24.2 Å². The lowest BCUT2D eigenvalue weighted by Crippen LogP contribution is -2.34. The predicted octanol–water partition coefficient (Wildman–Crippen LogP) is 3.22. The smallest absolute Gasteiger partial charge is 0.256 e. The van der Waals surface area contributed by atoms with E-state index in [1.807, 2.05) is 29.2 Å². The molecule has 1 saturated carbocycles. The minimum atomic E-state index is 0.0923. The molecule has 0 atom stereocenters. The van der Waals surface area contributed by atoms with Crippen molar-refractivity contribution in [1.29, 1.82) is 0 Å². The Morgan fingerprint density at radius 3 is 2.71 bits per heavy atom. The van der Waals surface area contributed by atoms with Crippen LogP contribution in [0.5, 0.6) is 0 Å². The summed E-state index contributed by atoms with van der Waals surface area (Å²) in [5.41, 5.74) is 6.59. The van der Waals surface area contributed by atoms with Crippen molar-refractivity contribution >= 4 is 22.5 Å². The van der Waals surface area contributed by atoms with Crippen molar-refractivity contribution in [2.75, 3.05) is 12.3 Å². The van der Waals surface area contributed by atoms with Crippen LogP contribution in [-0.4, -0.2) is 28.4 Å². The monoisotopic (exact) mass is 283 g/mol. The summed E-state index contributed by atoms with van der Waals surface area (Å²) in [5, 5.41) is 1.76. The molecule has 4 nitrogen and oxygen atoms in total. The minimum absolute atomic E-state index is 0.0923. The SMILES string of the molecule is CCCCN(C(=O)c1cnc(N)c2ccccc12)C1CC1. The second-order valence-electron chi connectivity index (χ2n) is 5.69. The first-order chi connectivity index (χ1) is 10.2. The first-order valence-corrected chi connectivity index (χ1v) is 7.66. The third-order valence-electron chi connectivity index (χ3n) is 4.06. The van der Waals surface area contributed by atoms with E-state index in [9.17, 15) is 4.79 Å². The first-order valence-electron chi connectivity index (χ1n) is 7.66. The fourth-order valence-electron chi connectivity index (χ4n) is 2.70. The number of nitrogens with zero attached hydrogens (tertiary/aromatic N) is 2. The van der Waals surface area contributed by atoms with Gasteiger partial charge in [-0.25, -0.2) is 4.98 Å². The predicted molar refractivity (Wildman–Crippen MR) is 85.1 cm³/mol. The van der Waals surface area contributed by atoms with Crippen LogP contribution in [-0.2, 0) is 0 Å². The molecule has 110 valence electrons. The molecular weight excluding hydrogens is 262 g/mol. The lowest BCUT2D eigenvalue weighted by molar-refractivity contribution is 0.0742. The largest absolute Gasteiger partial charge is 0.383 e. The Balaban J connectivity index is 1.98. The quantitative estimate of drug-likeness (QED) is 0.916. The summed E-state index contributed by atoms with van der Waals surface area (Å²) in [6.45, 7) is 2.98. The van der Waals surface area contributed by atoms with Crippen molar-refractivity contribution in [2.45, 2.75) is 38.6 Å². The maximum atomic E-state index is 12.9. The minimum Gasteiger partial charge on any atom is -0.383 e. The number of fused-ring (bicyclic) bond motifs is 1. The summed E-state index contributed by atoms with van der Waals surface area (Å²) < 4.78 is 0. The van der Waals surface area contributed by atoms with Crippen LogP contribution < -0.4 is 5.73 Å². The zero-order chi connectivity index (χ0) is 14.8. The molecule has 1 aliphatic carbocycles. The Hall–Kier alpha value is -2.10. The van der Waals surface area contributed by atoms with Crippen LogP contribution in [0.1, 0.15) is 43.0 Å². The second-order valence-corrected chi connectivity index (χ2v) is 5.69. The molecule has 0 aliphatic heterocycles. The number of aromatic nitrogens is 1. The van der Waals surface area contributed by atoms with Crippen molar-refractivity contribution in [3.05, 3.63) is 36.0 Å². The van der Waals surface area contributed by atoms with E-state index in [-0.39, 0.29) is 5.91 Å². The fourth-order valence-corrected chi connectivity index (χ4v) is 2.70. The Morgan fingerprint density at radius 2 is 2.05 bits per heavy atom. The molecule has 3 rings (SSSR count). The number of nitrogen functional groups attached to an aromatic ring is 1. The first kappa shape index (κ1) is 13.9. The number of carbonyl (C=O) groups is 1. The van der Waals surface area contributed by atoms with Gasteiger partial charge < -0.3 is 10.6 Å². The molecule has 1 amide bonds. The number of hydrogen-bond donors (Lipinski definition) is 1. The van der Waals surface area contributed by atoms with Gasteiger partial charge in [-0.2, -0.15) is 0 Å². The Morgan fingerprint density at radius 1 is 1.33 bits per heavy atom. The van der Waals surface area contributed by atoms with Crippen molar-refractivity contribution in [2.24, 2.45) is 0 Å². The number of rotatable bonds is 5. The number of amides is 1. The standard InChI is InChI=1S/C17H21N3O/c1-2-3-10-20(12-8-9-12)17(21)15-11-19-16(18)14-7-5-4-6-13(14)15/h4-7,11-12H,2-3,8-10H2,1H3,(H2,18,19). The average Bonchev–Trinajstić information content (AvgIpc) is 3.33. The summed E-state index contributed by atoms with van der Waals surface area (Å²) in [7, 11) is 0. The molecule has 0 bridgehead atoms.